The molecule has 0 spiro atoms. The van der Waals surface area contributed by atoms with Crippen molar-refractivity contribution in [3.8, 4) is 5.75 Å². The number of carboxylic acid groups (broad SMARTS) is 1. The van der Waals surface area contributed by atoms with Gasteiger partial charge in [0.1, 0.15) is 11.6 Å². The molecule has 0 fully saturated rings. The number of aliphatic hydroxyl groups excluding tert-OH is 1. The summed E-state index contributed by atoms with van der Waals surface area (Å²) in [5.74, 6) is -3.22. The first kappa shape index (κ1) is 12.3. The largest absolute Gasteiger partial charge is 0.479 e. The summed E-state index contributed by atoms with van der Waals surface area (Å²) in [4.78, 5) is 10.3. The highest BCUT2D eigenvalue weighted by molar-refractivity contribution is 5.74. The van der Waals surface area contributed by atoms with E-state index in [0.29, 0.717) is 6.07 Å². The third-order valence-electron chi connectivity index (χ3n) is 1.73. The van der Waals surface area contributed by atoms with Gasteiger partial charge in [0.15, 0.2) is 6.10 Å². The normalized spacial score (nSPS) is 12.6. The van der Waals surface area contributed by atoms with Gasteiger partial charge in [-0.25, -0.2) is 9.18 Å². The van der Waals surface area contributed by atoms with Gasteiger partial charge in [0, 0.05) is 11.6 Å². The molecule has 0 aromatic heterocycles. The van der Waals surface area contributed by atoms with Gasteiger partial charge < -0.3 is 14.9 Å². The SMILES string of the molecule is O=C(O)C(O)c1ccc(OC(F)F)cc1F. The quantitative estimate of drug-likeness (QED) is 0.832. The van der Waals surface area contributed by atoms with Crippen molar-refractivity contribution >= 4 is 5.97 Å². The van der Waals surface area contributed by atoms with E-state index >= 15 is 0 Å². The van der Waals surface area contributed by atoms with Crippen molar-refractivity contribution in [3.05, 3.63) is 29.6 Å². The Balaban J connectivity index is 2.95. The minimum Gasteiger partial charge on any atom is -0.479 e. The number of aliphatic hydroxyl groups is 1. The molecule has 0 bridgehead atoms. The molecule has 0 saturated carbocycles. The number of benzene rings is 1. The van der Waals surface area contributed by atoms with Crippen molar-refractivity contribution in [3.63, 3.8) is 0 Å². The van der Waals surface area contributed by atoms with Crippen molar-refractivity contribution in [2.24, 2.45) is 0 Å². The molecule has 1 aromatic rings. The minimum atomic E-state index is -3.10. The highest BCUT2D eigenvalue weighted by atomic mass is 19.3. The van der Waals surface area contributed by atoms with E-state index in [0.717, 1.165) is 12.1 Å². The van der Waals surface area contributed by atoms with Crippen LogP contribution < -0.4 is 4.74 Å². The van der Waals surface area contributed by atoms with E-state index < -0.39 is 35.8 Å². The van der Waals surface area contributed by atoms with Crippen molar-refractivity contribution in [2.75, 3.05) is 0 Å². The molecule has 0 aliphatic heterocycles. The van der Waals surface area contributed by atoms with Crippen LogP contribution in [0.15, 0.2) is 18.2 Å². The maximum Gasteiger partial charge on any atom is 0.387 e. The number of ether oxygens (including phenoxy) is 1. The average molecular weight is 236 g/mol. The van der Waals surface area contributed by atoms with Gasteiger partial charge in [-0.15, -0.1) is 0 Å². The van der Waals surface area contributed by atoms with Crippen LogP contribution in [0.1, 0.15) is 11.7 Å². The van der Waals surface area contributed by atoms with Crippen LogP contribution in [0.2, 0.25) is 0 Å². The highest BCUT2D eigenvalue weighted by Gasteiger charge is 2.20. The van der Waals surface area contributed by atoms with Gasteiger partial charge in [0.2, 0.25) is 0 Å². The standard InChI is InChI=1S/C9H7F3O4/c10-6-3-4(16-9(11)12)1-2-5(6)7(13)8(14)15/h1-3,7,9,13H,(H,14,15). The number of halogens is 3. The minimum absolute atomic E-state index is 0.450. The molecule has 0 heterocycles. The topological polar surface area (TPSA) is 66.8 Å². The monoisotopic (exact) mass is 236 g/mol. The predicted octanol–water partition coefficient (Wildman–Crippen LogP) is 1.55. The van der Waals surface area contributed by atoms with E-state index in [2.05, 4.69) is 4.74 Å². The Morgan fingerprint density at radius 3 is 2.44 bits per heavy atom. The second-order valence-corrected chi connectivity index (χ2v) is 2.80. The van der Waals surface area contributed by atoms with Crippen molar-refractivity contribution in [1.29, 1.82) is 0 Å². The van der Waals surface area contributed by atoms with Crippen molar-refractivity contribution < 1.29 is 32.9 Å². The Hall–Kier alpha value is -1.76. The van der Waals surface area contributed by atoms with E-state index in [-0.39, 0.29) is 0 Å². The van der Waals surface area contributed by atoms with Crippen LogP contribution in [0.25, 0.3) is 0 Å². The van der Waals surface area contributed by atoms with Gasteiger partial charge in [-0.3, -0.25) is 0 Å². The van der Waals surface area contributed by atoms with Gasteiger partial charge in [-0.05, 0) is 12.1 Å². The zero-order valence-electron chi connectivity index (χ0n) is 7.73. The van der Waals surface area contributed by atoms with Crippen LogP contribution in [0.3, 0.4) is 0 Å². The number of carbonyl (C=O) groups is 1. The highest BCUT2D eigenvalue weighted by Crippen LogP contribution is 2.23. The first-order chi connectivity index (χ1) is 7.41. The van der Waals surface area contributed by atoms with Crippen LogP contribution in [0.4, 0.5) is 13.2 Å². The van der Waals surface area contributed by atoms with Crippen molar-refractivity contribution in [2.45, 2.75) is 12.7 Å². The van der Waals surface area contributed by atoms with Crippen LogP contribution in [0.5, 0.6) is 5.75 Å². The fourth-order valence-corrected chi connectivity index (χ4v) is 1.04. The molecule has 1 aromatic carbocycles. The lowest BCUT2D eigenvalue weighted by Crippen LogP contribution is -2.12. The number of hydrogen-bond acceptors (Lipinski definition) is 3. The zero-order valence-corrected chi connectivity index (χ0v) is 7.73. The second-order valence-electron chi connectivity index (χ2n) is 2.80. The molecule has 16 heavy (non-hydrogen) atoms. The van der Waals surface area contributed by atoms with Gasteiger partial charge in [0.25, 0.3) is 0 Å². The number of hydrogen-bond donors (Lipinski definition) is 2. The summed E-state index contributed by atoms with van der Waals surface area (Å²) < 4.78 is 40.6. The summed E-state index contributed by atoms with van der Waals surface area (Å²) in [6.45, 7) is -3.10. The Morgan fingerprint density at radius 2 is 2.00 bits per heavy atom. The fourth-order valence-electron chi connectivity index (χ4n) is 1.04. The summed E-state index contributed by atoms with van der Waals surface area (Å²) in [6.07, 6.45) is -2.04. The van der Waals surface area contributed by atoms with Gasteiger partial charge in [0.05, 0.1) is 0 Å². The molecule has 1 atom stereocenters. The van der Waals surface area contributed by atoms with Crippen LogP contribution in [0, 0.1) is 5.82 Å². The van der Waals surface area contributed by atoms with Gasteiger partial charge >= 0.3 is 12.6 Å². The third kappa shape index (κ3) is 2.86. The fraction of sp³-hybridized carbons (Fsp3) is 0.222. The molecule has 7 heteroatoms. The van der Waals surface area contributed by atoms with E-state index in [1.165, 1.54) is 0 Å². The van der Waals surface area contributed by atoms with Crippen LogP contribution in [-0.2, 0) is 4.79 Å². The first-order valence-corrected chi connectivity index (χ1v) is 4.07. The molecule has 4 nitrogen and oxygen atoms in total. The number of rotatable bonds is 4. The summed E-state index contributed by atoms with van der Waals surface area (Å²) in [6, 6.07) is 2.39. The molecule has 88 valence electrons. The van der Waals surface area contributed by atoms with Crippen LogP contribution in [-0.4, -0.2) is 22.8 Å². The molecule has 0 aliphatic carbocycles. The molecule has 2 N–H and O–H groups in total. The molecular weight excluding hydrogens is 229 g/mol. The Bertz CT molecular complexity index is 394. The molecule has 1 unspecified atom stereocenters. The smallest absolute Gasteiger partial charge is 0.387 e. The molecule has 0 saturated heterocycles. The second kappa shape index (κ2) is 4.84. The molecular formula is C9H7F3O4. The van der Waals surface area contributed by atoms with E-state index in [1.54, 1.807) is 0 Å². The lowest BCUT2D eigenvalue weighted by atomic mass is 10.1. The molecule has 0 amide bonds. The first-order valence-electron chi connectivity index (χ1n) is 4.07. The van der Waals surface area contributed by atoms with E-state index in [1.807, 2.05) is 0 Å². The number of carboxylic acids is 1. The Labute approximate surface area is 87.9 Å². The third-order valence-corrected chi connectivity index (χ3v) is 1.73. The lowest BCUT2D eigenvalue weighted by Gasteiger charge is -2.09. The van der Waals surface area contributed by atoms with Gasteiger partial charge in [-0.1, -0.05) is 0 Å². The maximum atomic E-state index is 13.2. The Morgan fingerprint density at radius 1 is 1.38 bits per heavy atom. The molecule has 0 aliphatic rings. The molecule has 0 radical (unpaired) electrons. The summed E-state index contributed by atoms with van der Waals surface area (Å²) in [7, 11) is 0. The van der Waals surface area contributed by atoms with Crippen molar-refractivity contribution in [1.82, 2.24) is 0 Å². The lowest BCUT2D eigenvalue weighted by molar-refractivity contribution is -0.147. The summed E-state index contributed by atoms with van der Waals surface area (Å²) in [5.41, 5.74) is -0.519. The van der Waals surface area contributed by atoms with Gasteiger partial charge in [-0.2, -0.15) is 8.78 Å². The molecule has 1 rings (SSSR count). The number of alkyl halides is 2. The van der Waals surface area contributed by atoms with Crippen LogP contribution >= 0.6 is 0 Å². The summed E-state index contributed by atoms with van der Waals surface area (Å²) >= 11 is 0. The van der Waals surface area contributed by atoms with E-state index in [9.17, 15) is 18.0 Å². The summed E-state index contributed by atoms with van der Waals surface area (Å²) in [5, 5.41) is 17.4. The predicted molar refractivity (Wildman–Crippen MR) is 45.6 cm³/mol. The maximum absolute atomic E-state index is 13.2. The Kier molecular flexibility index (Phi) is 3.73. The zero-order chi connectivity index (χ0) is 12.3. The van der Waals surface area contributed by atoms with E-state index in [4.69, 9.17) is 10.2 Å². The number of aliphatic carboxylic acids is 1. The average Bonchev–Trinajstić information content (AvgIpc) is 2.15.